The Morgan fingerprint density at radius 2 is 1.05 bits per heavy atom. The van der Waals surface area contributed by atoms with Crippen molar-refractivity contribution in [3.8, 4) is 0 Å². The Bertz CT molecular complexity index is 3510. The minimum Gasteiger partial charge on any atom is -0.256 e. The number of nitrogens with zero attached hydrogens (tertiary/aromatic N) is 8. The molecule has 6 aromatic heterocycles. The Kier molecular flexibility index (Phi) is 15.9. The molecule has 9 rings (SSSR count). The van der Waals surface area contributed by atoms with Gasteiger partial charge in [-0.1, -0.05) is 20.8 Å². The molecule has 0 radical (unpaired) electrons. The molecular weight excluding hydrogens is 1090 g/mol. The normalized spacial score (nSPS) is 15.8. The lowest BCUT2D eigenvalue weighted by atomic mass is 10.1. The third-order valence-electron chi connectivity index (χ3n) is 11.3. The van der Waals surface area contributed by atoms with E-state index in [1.165, 1.54) is 44.4 Å². The van der Waals surface area contributed by atoms with E-state index in [9.17, 15) is 69.7 Å². The maximum absolute atomic E-state index is 14.8. The molecule has 1 atom stereocenters. The molecule has 1 unspecified atom stereocenters. The van der Waals surface area contributed by atoms with E-state index in [4.69, 9.17) is 0 Å². The molecule has 8 heterocycles. The number of aliphatic imine (C=N–C) groups is 2. The quantitative estimate of drug-likeness (QED) is 0.101. The number of alkyl halides is 13. The fraction of sp³-hybridized carbons (Fsp3) is 0.306. The zero-order valence-corrected chi connectivity index (χ0v) is 42.7. The van der Waals surface area contributed by atoms with E-state index in [1.54, 1.807) is 31.8 Å². The average Bonchev–Trinajstić information content (AvgIpc) is 4.00. The third kappa shape index (κ3) is 11.7. The van der Waals surface area contributed by atoms with Crippen LogP contribution in [0.5, 0.6) is 0 Å². The van der Waals surface area contributed by atoms with Gasteiger partial charge in [0.05, 0.1) is 65.8 Å². The summed E-state index contributed by atoms with van der Waals surface area (Å²) in [6, 6.07) is 6.86. The molecule has 0 aromatic carbocycles. The predicted molar refractivity (Wildman–Crippen MR) is 257 cm³/mol. The summed E-state index contributed by atoms with van der Waals surface area (Å²) in [4.78, 5) is 30.6. The first-order valence-electron chi connectivity index (χ1n) is 22.3. The van der Waals surface area contributed by atoms with Gasteiger partial charge in [0.2, 0.25) is 0 Å². The summed E-state index contributed by atoms with van der Waals surface area (Å²) in [5.74, 6) is -6.92. The zero-order chi connectivity index (χ0) is 56.1. The first kappa shape index (κ1) is 57.2. The van der Waals surface area contributed by atoms with Gasteiger partial charge in [-0.3, -0.25) is 34.1 Å². The van der Waals surface area contributed by atoms with Crippen molar-refractivity contribution in [3.63, 3.8) is 0 Å². The predicted octanol–water partition coefficient (Wildman–Crippen LogP) is 13.0. The number of aryl methyl sites for hydroxylation is 3. The SMILES string of the molecule is CCS(=O)(=O)c1cc(C)cnc1C1=Nc2cc(C(F)(F)F)cnc2C1(F)F.CCS(=O)c1cc(C)cnc1C1=Nc2cc(C(F)(F)F)cnc2C1(F)F.CCSc1cc(C)cnc1C1=Cc2ncc(C(F)(F)F)cc2C1. The lowest BCUT2D eigenvalue weighted by Crippen LogP contribution is -2.27. The first-order valence-corrected chi connectivity index (χ1v) is 26.3. The molecule has 0 N–H and O–H groups in total. The number of sulfone groups is 1. The molecule has 402 valence electrons. The lowest BCUT2D eigenvalue weighted by Gasteiger charge is -2.15. The van der Waals surface area contributed by atoms with Gasteiger partial charge in [-0.2, -0.15) is 57.1 Å². The standard InChI is InChI=1S/C17H15F3N2S.C16H12F5N3O2S.C16H12F5N3OS/c1-3-23-15-4-10(2)8-22-16(15)12-5-11-6-13(17(18,19)20)9-21-14(11)7-12;1-3-27(25,26)11-4-8(2)6-22-12(11)14-15(17,18)13-10(24-14)5-9(7-23-13)16(19,20)21;1-3-26(25)11-4-8(2)6-22-12(11)14-15(17,18)13-10(24-14)5-9(7-23-13)16(19,20)21/h4,6-9H,3,5H2,1-2H3;4-7H,3H2,1-2H3;4-7H,3H2,1-2H3. The summed E-state index contributed by atoms with van der Waals surface area (Å²) in [5.41, 5.74) is -3.95. The van der Waals surface area contributed by atoms with Gasteiger partial charge in [-0.15, -0.1) is 11.8 Å². The van der Waals surface area contributed by atoms with Crippen LogP contribution in [0.1, 0.15) is 93.9 Å². The van der Waals surface area contributed by atoms with Crippen molar-refractivity contribution in [2.45, 2.75) is 93.0 Å². The number of hydrogen-bond acceptors (Lipinski definition) is 12. The Balaban J connectivity index is 0.000000166. The van der Waals surface area contributed by atoms with Gasteiger partial charge in [0, 0.05) is 54.3 Å². The zero-order valence-electron chi connectivity index (χ0n) is 40.3. The summed E-state index contributed by atoms with van der Waals surface area (Å²) in [6.45, 7) is 10.2. The van der Waals surface area contributed by atoms with Crippen molar-refractivity contribution in [2.75, 3.05) is 17.3 Å². The Hall–Kier alpha value is -6.48. The molecule has 27 heteroatoms. The largest absolute Gasteiger partial charge is 0.417 e. The molecular formula is C49H39F13N8O3S3. The molecule has 0 saturated heterocycles. The van der Waals surface area contributed by atoms with E-state index in [0.717, 1.165) is 33.7 Å². The molecule has 2 aliphatic heterocycles. The second kappa shape index (κ2) is 21.2. The van der Waals surface area contributed by atoms with E-state index in [-0.39, 0.29) is 28.3 Å². The minimum atomic E-state index is -4.78. The van der Waals surface area contributed by atoms with E-state index >= 15 is 0 Å². The van der Waals surface area contributed by atoms with Crippen LogP contribution in [0.2, 0.25) is 0 Å². The molecule has 0 bridgehead atoms. The molecule has 0 fully saturated rings. The van der Waals surface area contributed by atoms with Crippen LogP contribution in [0.3, 0.4) is 0 Å². The van der Waals surface area contributed by atoms with Gasteiger partial charge in [-0.05, 0) is 96.8 Å². The number of pyridine rings is 6. The van der Waals surface area contributed by atoms with Gasteiger partial charge < -0.3 is 0 Å². The van der Waals surface area contributed by atoms with Crippen LogP contribution in [-0.2, 0) is 57.4 Å². The maximum Gasteiger partial charge on any atom is 0.417 e. The summed E-state index contributed by atoms with van der Waals surface area (Å²) >= 11 is 1.69. The topological polar surface area (TPSA) is 153 Å². The van der Waals surface area contributed by atoms with Crippen molar-refractivity contribution in [3.05, 3.63) is 147 Å². The van der Waals surface area contributed by atoms with E-state index < -0.39 is 112 Å². The van der Waals surface area contributed by atoms with E-state index in [2.05, 4.69) is 52.9 Å². The minimum absolute atomic E-state index is 0.0646. The molecule has 6 aromatic rings. The highest BCUT2D eigenvalue weighted by Crippen LogP contribution is 2.48. The first-order chi connectivity index (χ1) is 35.3. The van der Waals surface area contributed by atoms with Crippen molar-refractivity contribution in [1.82, 2.24) is 29.9 Å². The Morgan fingerprint density at radius 3 is 1.55 bits per heavy atom. The lowest BCUT2D eigenvalue weighted by molar-refractivity contribution is -0.138. The molecule has 76 heavy (non-hydrogen) atoms. The molecule has 1 aliphatic carbocycles. The van der Waals surface area contributed by atoms with Crippen molar-refractivity contribution in [2.24, 2.45) is 9.98 Å². The van der Waals surface area contributed by atoms with Crippen molar-refractivity contribution >= 4 is 66.8 Å². The molecule has 0 amide bonds. The fourth-order valence-corrected chi connectivity index (χ4v) is 10.6. The van der Waals surface area contributed by atoms with E-state index in [0.29, 0.717) is 47.1 Å². The monoisotopic (exact) mass is 1130 g/mol. The van der Waals surface area contributed by atoms with Crippen LogP contribution in [-0.4, -0.2) is 71.2 Å². The van der Waals surface area contributed by atoms with Gasteiger partial charge in [0.1, 0.15) is 34.2 Å². The van der Waals surface area contributed by atoms with Gasteiger partial charge in [0.25, 0.3) is 0 Å². The van der Waals surface area contributed by atoms with E-state index in [1.807, 2.05) is 13.0 Å². The summed E-state index contributed by atoms with van der Waals surface area (Å²) in [7, 11) is -5.54. The second-order valence-electron chi connectivity index (χ2n) is 16.9. The second-order valence-corrected chi connectivity index (χ2v) is 22.2. The number of halogens is 13. The molecule has 0 spiro atoms. The number of thioether (sulfide) groups is 1. The van der Waals surface area contributed by atoms with Crippen LogP contribution >= 0.6 is 11.8 Å². The fourth-order valence-electron chi connectivity index (χ4n) is 7.61. The summed E-state index contributed by atoms with van der Waals surface area (Å²) in [6.07, 6.45) is -5.81. The number of fused-ring (bicyclic) bond motifs is 3. The van der Waals surface area contributed by atoms with Gasteiger partial charge in [-0.25, -0.2) is 18.4 Å². The highest BCUT2D eigenvalue weighted by molar-refractivity contribution is 7.99. The summed E-state index contributed by atoms with van der Waals surface area (Å²) in [5, 5.41) is 0. The summed E-state index contributed by atoms with van der Waals surface area (Å²) < 4.78 is 211. The molecule has 3 aliphatic rings. The number of allylic oxidation sites excluding steroid dienone is 1. The molecule has 11 nitrogen and oxygen atoms in total. The van der Waals surface area contributed by atoms with Crippen LogP contribution in [0.4, 0.5) is 68.5 Å². The van der Waals surface area contributed by atoms with Gasteiger partial charge >= 0.3 is 30.4 Å². The highest BCUT2D eigenvalue weighted by Gasteiger charge is 2.51. The Labute approximate surface area is 431 Å². The van der Waals surface area contributed by atoms with Crippen LogP contribution < -0.4 is 0 Å². The van der Waals surface area contributed by atoms with Crippen LogP contribution in [0, 0.1) is 20.8 Å². The third-order valence-corrected chi connectivity index (χ3v) is 15.3. The number of aromatic nitrogens is 6. The number of rotatable bonds is 9. The highest BCUT2D eigenvalue weighted by atomic mass is 32.2. The van der Waals surface area contributed by atoms with Crippen LogP contribution in [0.15, 0.2) is 98.3 Å². The molecule has 0 saturated carbocycles. The smallest absolute Gasteiger partial charge is 0.256 e. The van der Waals surface area contributed by atoms with Crippen molar-refractivity contribution < 1.29 is 69.7 Å². The maximum atomic E-state index is 14.8. The average molecular weight is 1130 g/mol. The number of hydrogen-bond donors (Lipinski definition) is 0. The Morgan fingerprint density at radius 1 is 0.592 bits per heavy atom. The van der Waals surface area contributed by atoms with Crippen molar-refractivity contribution in [1.29, 1.82) is 0 Å². The van der Waals surface area contributed by atoms with Gasteiger partial charge in [0.15, 0.2) is 9.84 Å². The van der Waals surface area contributed by atoms with Crippen LogP contribution in [0.25, 0.3) is 11.6 Å².